The molecule has 0 aliphatic rings. The molecular weight excluding hydrogens is 258 g/mol. The number of nitrogens with zero attached hydrogens (tertiary/aromatic N) is 5. The van der Waals surface area contributed by atoms with Crippen LogP contribution in [0.3, 0.4) is 0 Å². The lowest BCUT2D eigenvalue weighted by molar-refractivity contribution is 1.13. The maximum Gasteiger partial charge on any atom is 0.199 e. The van der Waals surface area contributed by atoms with E-state index in [-0.39, 0.29) is 0 Å². The smallest absolute Gasteiger partial charge is 0.199 e. The summed E-state index contributed by atoms with van der Waals surface area (Å²) < 4.78 is 0. The van der Waals surface area contributed by atoms with Crippen LogP contribution in [0.1, 0.15) is 0 Å². The molecule has 0 amide bonds. The topological polar surface area (TPSA) is 64.5 Å². The quantitative estimate of drug-likeness (QED) is 0.528. The first kappa shape index (κ1) is 10.5. The zero-order valence-electron chi connectivity index (χ0n) is 9.61. The maximum absolute atomic E-state index is 4.45. The molecule has 19 heavy (non-hydrogen) atoms. The third kappa shape index (κ3) is 1.65. The molecule has 0 atom stereocenters. The van der Waals surface area contributed by atoms with E-state index in [2.05, 4.69) is 31.2 Å². The Hall–Kier alpha value is -2.47. The standard InChI is InChI=1S/C13H6N5S/c1-2-8-6-15-12(18-11(8)14-4-1)10-9-3-5-19-13(9)17-7-16-10/h1-6H. The molecule has 0 spiro atoms. The summed E-state index contributed by atoms with van der Waals surface area (Å²) in [6.45, 7) is 0. The van der Waals surface area contributed by atoms with E-state index in [4.69, 9.17) is 0 Å². The summed E-state index contributed by atoms with van der Waals surface area (Å²) in [5.74, 6) is 0.549. The van der Waals surface area contributed by atoms with Gasteiger partial charge in [0.1, 0.15) is 10.5 Å². The molecule has 5 nitrogen and oxygen atoms in total. The van der Waals surface area contributed by atoms with E-state index in [1.807, 2.05) is 23.6 Å². The number of hydrogen-bond donors (Lipinski definition) is 0. The number of thiophene rings is 1. The van der Waals surface area contributed by atoms with E-state index < -0.39 is 0 Å². The van der Waals surface area contributed by atoms with Gasteiger partial charge in [0.15, 0.2) is 17.8 Å². The van der Waals surface area contributed by atoms with Crippen LogP contribution in [0.2, 0.25) is 0 Å². The Bertz CT molecular complexity index is 886. The van der Waals surface area contributed by atoms with Gasteiger partial charge in [-0.3, -0.25) is 0 Å². The largest absolute Gasteiger partial charge is 0.237 e. The zero-order chi connectivity index (χ0) is 12.7. The Balaban J connectivity index is 2.01. The van der Waals surface area contributed by atoms with Crippen LogP contribution in [0.4, 0.5) is 0 Å². The van der Waals surface area contributed by atoms with Crippen LogP contribution in [0.5, 0.6) is 0 Å². The van der Waals surface area contributed by atoms with Gasteiger partial charge in [-0.1, -0.05) is 0 Å². The van der Waals surface area contributed by atoms with Crippen molar-refractivity contribution in [3.05, 3.63) is 42.3 Å². The van der Waals surface area contributed by atoms with Gasteiger partial charge in [0, 0.05) is 23.2 Å². The molecule has 0 saturated carbocycles. The van der Waals surface area contributed by atoms with Crippen molar-refractivity contribution in [3.8, 4) is 11.5 Å². The number of fused-ring (bicyclic) bond motifs is 2. The third-order valence-electron chi connectivity index (χ3n) is 2.78. The molecule has 0 bridgehead atoms. The minimum absolute atomic E-state index is 0.549. The number of pyridine rings is 1. The fourth-order valence-corrected chi connectivity index (χ4v) is 2.61. The van der Waals surface area contributed by atoms with Crippen LogP contribution in [0, 0.1) is 6.33 Å². The minimum atomic E-state index is 0.549. The molecule has 6 heteroatoms. The van der Waals surface area contributed by atoms with Crippen molar-refractivity contribution in [1.29, 1.82) is 0 Å². The van der Waals surface area contributed by atoms with Crippen molar-refractivity contribution in [1.82, 2.24) is 24.9 Å². The van der Waals surface area contributed by atoms with Gasteiger partial charge < -0.3 is 0 Å². The molecule has 4 heterocycles. The first-order valence-corrected chi connectivity index (χ1v) is 6.49. The van der Waals surface area contributed by atoms with Crippen molar-refractivity contribution < 1.29 is 0 Å². The second-order valence-corrected chi connectivity index (χ2v) is 4.82. The highest BCUT2D eigenvalue weighted by Gasteiger charge is 2.11. The van der Waals surface area contributed by atoms with Gasteiger partial charge in [-0.15, -0.1) is 11.3 Å². The van der Waals surface area contributed by atoms with Crippen LogP contribution in [-0.4, -0.2) is 24.9 Å². The summed E-state index contributed by atoms with van der Waals surface area (Å²) >= 11 is 1.55. The SMILES string of the molecule is [c]1nc(-c2ncc3cccnc3n2)c2ccsc2n1. The molecule has 4 rings (SSSR count). The lowest BCUT2D eigenvalue weighted by Crippen LogP contribution is -1.94. The zero-order valence-corrected chi connectivity index (χ0v) is 10.4. The number of hydrogen-bond acceptors (Lipinski definition) is 6. The summed E-state index contributed by atoms with van der Waals surface area (Å²) in [6, 6.07) is 5.76. The van der Waals surface area contributed by atoms with Gasteiger partial charge in [-0.25, -0.2) is 24.9 Å². The van der Waals surface area contributed by atoms with E-state index in [9.17, 15) is 0 Å². The van der Waals surface area contributed by atoms with E-state index in [0.29, 0.717) is 17.2 Å². The van der Waals surface area contributed by atoms with Gasteiger partial charge >= 0.3 is 0 Å². The summed E-state index contributed by atoms with van der Waals surface area (Å²) in [7, 11) is 0. The van der Waals surface area contributed by atoms with E-state index in [0.717, 1.165) is 15.6 Å². The minimum Gasteiger partial charge on any atom is -0.237 e. The van der Waals surface area contributed by atoms with Crippen LogP contribution >= 0.6 is 11.3 Å². The first-order valence-electron chi connectivity index (χ1n) is 5.61. The summed E-state index contributed by atoms with van der Waals surface area (Å²) in [5, 5.41) is 3.82. The Morgan fingerprint density at radius 1 is 1.11 bits per heavy atom. The molecule has 0 aromatic carbocycles. The van der Waals surface area contributed by atoms with Crippen molar-refractivity contribution in [2.75, 3.05) is 0 Å². The van der Waals surface area contributed by atoms with E-state index in [1.54, 1.807) is 23.7 Å². The summed E-state index contributed by atoms with van der Waals surface area (Å²) in [6.07, 6.45) is 6.12. The second kappa shape index (κ2) is 4.03. The highest BCUT2D eigenvalue weighted by molar-refractivity contribution is 7.16. The molecule has 0 fully saturated rings. The van der Waals surface area contributed by atoms with E-state index in [1.165, 1.54) is 0 Å². The molecule has 4 aromatic heterocycles. The summed E-state index contributed by atoms with van der Waals surface area (Å²) in [5.41, 5.74) is 1.35. The van der Waals surface area contributed by atoms with Crippen LogP contribution in [-0.2, 0) is 0 Å². The third-order valence-corrected chi connectivity index (χ3v) is 3.59. The van der Waals surface area contributed by atoms with Crippen molar-refractivity contribution in [2.24, 2.45) is 0 Å². The van der Waals surface area contributed by atoms with Crippen LogP contribution in [0.15, 0.2) is 36.0 Å². The van der Waals surface area contributed by atoms with Crippen molar-refractivity contribution in [3.63, 3.8) is 0 Å². The number of rotatable bonds is 1. The molecule has 0 unspecified atom stereocenters. The van der Waals surface area contributed by atoms with Gasteiger partial charge in [0.05, 0.1) is 0 Å². The second-order valence-electron chi connectivity index (χ2n) is 3.92. The van der Waals surface area contributed by atoms with Crippen molar-refractivity contribution in [2.45, 2.75) is 0 Å². The predicted molar refractivity (Wildman–Crippen MR) is 72.6 cm³/mol. The van der Waals surface area contributed by atoms with Gasteiger partial charge in [0.2, 0.25) is 0 Å². The normalized spacial score (nSPS) is 11.2. The summed E-state index contributed by atoms with van der Waals surface area (Å²) in [4.78, 5) is 22.2. The molecule has 4 aromatic rings. The monoisotopic (exact) mass is 264 g/mol. The fraction of sp³-hybridized carbons (Fsp3) is 0. The molecule has 0 aliphatic heterocycles. The lowest BCUT2D eigenvalue weighted by Gasteiger charge is -2.01. The molecule has 0 aliphatic carbocycles. The molecule has 89 valence electrons. The Kier molecular flexibility index (Phi) is 2.22. The molecule has 1 radical (unpaired) electrons. The van der Waals surface area contributed by atoms with Gasteiger partial charge in [-0.05, 0) is 23.6 Å². The van der Waals surface area contributed by atoms with E-state index >= 15 is 0 Å². The fourth-order valence-electron chi connectivity index (χ4n) is 1.90. The van der Waals surface area contributed by atoms with Gasteiger partial charge in [-0.2, -0.15) is 0 Å². The molecule has 0 saturated heterocycles. The van der Waals surface area contributed by atoms with Crippen molar-refractivity contribution >= 4 is 32.6 Å². The average Bonchev–Trinajstić information content (AvgIpc) is 2.95. The highest BCUT2D eigenvalue weighted by Crippen LogP contribution is 2.26. The highest BCUT2D eigenvalue weighted by atomic mass is 32.1. The molecular formula is C13H6N5S. The average molecular weight is 264 g/mol. The van der Waals surface area contributed by atoms with Crippen LogP contribution < -0.4 is 0 Å². The predicted octanol–water partition coefficient (Wildman–Crippen LogP) is 2.50. The van der Waals surface area contributed by atoms with Gasteiger partial charge in [0.25, 0.3) is 0 Å². The van der Waals surface area contributed by atoms with Crippen LogP contribution in [0.25, 0.3) is 32.8 Å². The molecule has 0 N–H and O–H groups in total. The first-order chi connectivity index (χ1) is 9.42. The Labute approximate surface area is 112 Å². The number of aromatic nitrogens is 5. The Morgan fingerprint density at radius 2 is 2.11 bits per heavy atom. The maximum atomic E-state index is 4.45. The Morgan fingerprint density at radius 3 is 3.11 bits per heavy atom. The lowest BCUT2D eigenvalue weighted by atomic mass is 10.2.